The molecule has 1 rings (SSSR count). The summed E-state index contributed by atoms with van der Waals surface area (Å²) in [6.45, 7) is 1.59. The van der Waals surface area contributed by atoms with Crippen molar-refractivity contribution in [1.82, 2.24) is 5.32 Å². The molecule has 25 heavy (non-hydrogen) atoms. The molecule has 1 unspecified atom stereocenters. The Bertz CT molecular complexity index is 764. The molecule has 1 amide bonds. The van der Waals surface area contributed by atoms with Crippen LogP contribution >= 0.6 is 11.8 Å². The Morgan fingerprint density at radius 1 is 1.36 bits per heavy atom. The summed E-state index contributed by atoms with van der Waals surface area (Å²) in [5.74, 6) is -3.27. The van der Waals surface area contributed by atoms with Gasteiger partial charge in [0, 0.05) is 11.8 Å². The molecule has 2 N–H and O–H groups in total. The zero-order valence-corrected chi connectivity index (χ0v) is 14.6. The first-order chi connectivity index (χ1) is 11.4. The SMILES string of the molecule is CSCC(C)NC(=O)c1c(OS(=O)(=O)C(F)(F)F)cccc1C(=O)O. The maximum absolute atomic E-state index is 12.5. The molecule has 0 aliphatic rings. The van der Waals surface area contributed by atoms with Crippen molar-refractivity contribution in [3.05, 3.63) is 29.3 Å². The van der Waals surface area contributed by atoms with E-state index in [1.54, 1.807) is 13.2 Å². The molecule has 0 bridgehead atoms. The summed E-state index contributed by atoms with van der Waals surface area (Å²) in [6.07, 6.45) is 1.75. The molecular formula is C13H14F3NO6S2. The minimum atomic E-state index is -6.07. The Kier molecular flexibility index (Phi) is 6.71. The molecule has 0 aromatic heterocycles. The fourth-order valence-electron chi connectivity index (χ4n) is 1.77. The summed E-state index contributed by atoms with van der Waals surface area (Å²) in [4.78, 5) is 23.5. The van der Waals surface area contributed by atoms with E-state index in [2.05, 4.69) is 9.50 Å². The molecule has 1 aromatic rings. The monoisotopic (exact) mass is 401 g/mol. The number of carbonyl (C=O) groups is 2. The van der Waals surface area contributed by atoms with Crippen molar-refractivity contribution in [3.63, 3.8) is 0 Å². The van der Waals surface area contributed by atoms with Gasteiger partial charge in [0.15, 0.2) is 5.75 Å². The molecule has 0 saturated carbocycles. The summed E-state index contributed by atoms with van der Waals surface area (Å²) in [6, 6.07) is 2.23. The van der Waals surface area contributed by atoms with Crippen molar-refractivity contribution in [2.45, 2.75) is 18.5 Å². The highest BCUT2D eigenvalue weighted by molar-refractivity contribution is 7.98. The molecule has 1 aromatic carbocycles. The summed E-state index contributed by atoms with van der Waals surface area (Å²) in [5, 5.41) is 11.5. The van der Waals surface area contributed by atoms with Crippen LogP contribution in [0.25, 0.3) is 0 Å². The lowest BCUT2D eigenvalue weighted by molar-refractivity contribution is -0.0500. The molecule has 0 saturated heterocycles. The second-order valence-corrected chi connectivity index (χ2v) is 7.25. The van der Waals surface area contributed by atoms with Crippen LogP contribution in [0.5, 0.6) is 5.75 Å². The predicted octanol–water partition coefficient (Wildman–Crippen LogP) is 2.09. The number of halogens is 3. The van der Waals surface area contributed by atoms with Crippen LogP contribution in [0, 0.1) is 0 Å². The average molecular weight is 401 g/mol. The highest BCUT2D eigenvalue weighted by atomic mass is 32.2. The zero-order valence-electron chi connectivity index (χ0n) is 13.0. The number of hydrogen-bond acceptors (Lipinski definition) is 6. The Balaban J connectivity index is 3.38. The quantitative estimate of drug-likeness (QED) is 0.532. The summed E-state index contributed by atoms with van der Waals surface area (Å²) < 4.78 is 63.8. The highest BCUT2D eigenvalue weighted by Crippen LogP contribution is 2.30. The number of benzene rings is 1. The van der Waals surface area contributed by atoms with E-state index in [0.29, 0.717) is 5.75 Å². The minimum Gasteiger partial charge on any atom is -0.478 e. The number of thioether (sulfide) groups is 1. The number of carboxylic acids is 1. The van der Waals surface area contributed by atoms with E-state index < -0.39 is 50.4 Å². The lowest BCUT2D eigenvalue weighted by atomic mass is 10.1. The van der Waals surface area contributed by atoms with Crippen LogP contribution in [0.4, 0.5) is 13.2 Å². The Hall–Kier alpha value is -1.95. The third kappa shape index (κ3) is 5.26. The third-order valence-electron chi connectivity index (χ3n) is 2.76. The second-order valence-electron chi connectivity index (χ2n) is 4.80. The Labute approximate surface area is 145 Å². The lowest BCUT2D eigenvalue weighted by Gasteiger charge is -2.17. The summed E-state index contributed by atoms with van der Waals surface area (Å²) in [5.41, 5.74) is -7.23. The lowest BCUT2D eigenvalue weighted by Crippen LogP contribution is -2.36. The van der Waals surface area contributed by atoms with Crippen molar-refractivity contribution in [3.8, 4) is 5.75 Å². The number of amides is 1. The van der Waals surface area contributed by atoms with Gasteiger partial charge < -0.3 is 14.6 Å². The van der Waals surface area contributed by atoms with Gasteiger partial charge in [-0.15, -0.1) is 0 Å². The fourth-order valence-corrected chi connectivity index (χ4v) is 2.82. The molecule has 0 radical (unpaired) electrons. The molecule has 1 atom stereocenters. The van der Waals surface area contributed by atoms with Gasteiger partial charge in [0.25, 0.3) is 5.91 Å². The van der Waals surface area contributed by atoms with Gasteiger partial charge in [0.2, 0.25) is 0 Å². The first kappa shape index (κ1) is 21.1. The number of rotatable bonds is 7. The van der Waals surface area contributed by atoms with Crippen molar-refractivity contribution in [2.75, 3.05) is 12.0 Å². The Morgan fingerprint density at radius 2 is 1.96 bits per heavy atom. The van der Waals surface area contributed by atoms with Crippen LogP contribution in [0.1, 0.15) is 27.6 Å². The van der Waals surface area contributed by atoms with Crippen LogP contribution < -0.4 is 9.50 Å². The molecule has 0 aliphatic carbocycles. The molecule has 7 nitrogen and oxygen atoms in total. The van der Waals surface area contributed by atoms with Gasteiger partial charge >= 0.3 is 21.6 Å². The minimum absolute atomic E-state index is 0.442. The smallest absolute Gasteiger partial charge is 0.478 e. The van der Waals surface area contributed by atoms with E-state index in [0.717, 1.165) is 18.2 Å². The fraction of sp³-hybridized carbons (Fsp3) is 0.385. The van der Waals surface area contributed by atoms with Gasteiger partial charge in [-0.3, -0.25) is 4.79 Å². The van der Waals surface area contributed by atoms with Crippen LogP contribution in [-0.4, -0.2) is 49.0 Å². The van der Waals surface area contributed by atoms with E-state index in [9.17, 15) is 31.2 Å². The molecule has 0 heterocycles. The zero-order chi connectivity index (χ0) is 19.4. The van der Waals surface area contributed by atoms with Crippen molar-refractivity contribution >= 4 is 33.8 Å². The van der Waals surface area contributed by atoms with Crippen LogP contribution in [0.3, 0.4) is 0 Å². The number of nitrogens with one attached hydrogen (secondary N) is 1. The van der Waals surface area contributed by atoms with Crippen LogP contribution in [-0.2, 0) is 10.1 Å². The molecule has 0 aliphatic heterocycles. The molecule has 0 spiro atoms. The van der Waals surface area contributed by atoms with Crippen LogP contribution in [0.2, 0.25) is 0 Å². The average Bonchev–Trinajstić information content (AvgIpc) is 2.45. The van der Waals surface area contributed by atoms with Crippen molar-refractivity contribution in [2.24, 2.45) is 0 Å². The maximum Gasteiger partial charge on any atom is 0.534 e. The normalized spacial score (nSPS) is 13.2. The van der Waals surface area contributed by atoms with E-state index in [4.69, 9.17) is 5.11 Å². The third-order valence-corrected chi connectivity index (χ3v) is 4.56. The first-order valence-electron chi connectivity index (χ1n) is 6.57. The standard InChI is InChI=1S/C13H14F3NO6S2/c1-7(6-24-2)17-11(18)10-8(12(19)20)4-3-5-9(10)23-25(21,22)13(14,15)16/h3-5,7H,6H2,1-2H3,(H,17,18)(H,19,20). The molecular weight excluding hydrogens is 387 g/mol. The second kappa shape index (κ2) is 7.95. The number of carbonyl (C=O) groups excluding carboxylic acids is 1. The van der Waals surface area contributed by atoms with Crippen molar-refractivity contribution < 1.29 is 40.5 Å². The molecule has 12 heteroatoms. The number of aromatic carboxylic acids is 1. The largest absolute Gasteiger partial charge is 0.534 e. The van der Waals surface area contributed by atoms with Crippen LogP contribution in [0.15, 0.2) is 18.2 Å². The van der Waals surface area contributed by atoms with E-state index in [1.807, 2.05) is 0 Å². The number of hydrogen-bond donors (Lipinski definition) is 2. The molecule has 140 valence electrons. The number of alkyl halides is 3. The first-order valence-corrected chi connectivity index (χ1v) is 9.37. The van der Waals surface area contributed by atoms with E-state index >= 15 is 0 Å². The van der Waals surface area contributed by atoms with Gasteiger partial charge in [0.05, 0.1) is 11.1 Å². The van der Waals surface area contributed by atoms with Gasteiger partial charge in [-0.25, -0.2) is 4.79 Å². The van der Waals surface area contributed by atoms with Crippen molar-refractivity contribution in [1.29, 1.82) is 0 Å². The van der Waals surface area contributed by atoms with Gasteiger partial charge in [-0.2, -0.15) is 33.4 Å². The van der Waals surface area contributed by atoms with E-state index in [1.165, 1.54) is 11.8 Å². The maximum atomic E-state index is 12.5. The number of carboxylic acid groups (broad SMARTS) is 1. The summed E-state index contributed by atoms with van der Waals surface area (Å²) >= 11 is 1.37. The van der Waals surface area contributed by atoms with Gasteiger partial charge in [0.1, 0.15) is 0 Å². The topological polar surface area (TPSA) is 110 Å². The Morgan fingerprint density at radius 3 is 2.44 bits per heavy atom. The predicted molar refractivity (Wildman–Crippen MR) is 84.3 cm³/mol. The highest BCUT2D eigenvalue weighted by Gasteiger charge is 2.49. The molecule has 0 fully saturated rings. The van der Waals surface area contributed by atoms with Gasteiger partial charge in [-0.05, 0) is 25.3 Å². The summed E-state index contributed by atoms with van der Waals surface area (Å²) in [7, 11) is -6.07. The van der Waals surface area contributed by atoms with E-state index in [-0.39, 0.29) is 0 Å². The van der Waals surface area contributed by atoms with Gasteiger partial charge in [-0.1, -0.05) is 6.07 Å².